The third kappa shape index (κ3) is 4.23. The number of aromatic nitrogens is 1. The molecule has 4 rings (SSSR count). The van der Waals surface area contributed by atoms with Crippen LogP contribution in [0.4, 0.5) is 0 Å². The molecule has 0 spiro atoms. The van der Waals surface area contributed by atoms with Crippen molar-refractivity contribution in [3.8, 4) is 0 Å². The Hall–Kier alpha value is -3.13. The Bertz CT molecular complexity index is 1050. The number of nitrogens with zero attached hydrogens (tertiary/aromatic N) is 1. The number of fused-ring (bicyclic) bond motifs is 1. The topological polar surface area (TPSA) is 108 Å². The fourth-order valence-electron chi connectivity index (χ4n) is 3.96. The van der Waals surface area contributed by atoms with Crippen molar-refractivity contribution in [2.24, 2.45) is 11.7 Å². The van der Waals surface area contributed by atoms with E-state index < -0.39 is 6.04 Å². The van der Waals surface area contributed by atoms with Crippen molar-refractivity contribution in [3.63, 3.8) is 0 Å². The summed E-state index contributed by atoms with van der Waals surface area (Å²) in [5.74, 6) is -0.895. The lowest BCUT2D eigenvalue weighted by atomic mass is 9.95. The molecule has 156 valence electrons. The zero-order valence-corrected chi connectivity index (χ0v) is 17.3. The first kappa shape index (κ1) is 20.2. The molecule has 1 fully saturated rings. The van der Waals surface area contributed by atoms with E-state index in [2.05, 4.69) is 10.3 Å². The number of H-pyrrole nitrogens is 1. The van der Waals surface area contributed by atoms with Gasteiger partial charge in [-0.15, -0.1) is 11.3 Å². The van der Waals surface area contributed by atoms with Crippen LogP contribution in [-0.2, 0) is 16.0 Å². The molecule has 30 heavy (non-hydrogen) atoms. The predicted octanol–water partition coefficient (Wildman–Crippen LogP) is 2.29. The molecule has 1 aliphatic rings. The molecule has 0 bridgehead atoms. The second-order valence-corrected chi connectivity index (χ2v) is 8.52. The Morgan fingerprint density at radius 2 is 1.93 bits per heavy atom. The number of nitrogens with one attached hydrogen (secondary N) is 2. The molecule has 0 unspecified atom stereocenters. The maximum absolute atomic E-state index is 13.3. The molecule has 0 radical (unpaired) electrons. The zero-order chi connectivity index (χ0) is 21.1. The summed E-state index contributed by atoms with van der Waals surface area (Å²) in [6, 6.07) is 10.7. The third-order valence-corrected chi connectivity index (χ3v) is 6.52. The van der Waals surface area contributed by atoms with Crippen LogP contribution < -0.4 is 11.1 Å². The second-order valence-electron chi connectivity index (χ2n) is 7.57. The minimum atomic E-state index is -0.691. The van der Waals surface area contributed by atoms with E-state index in [1.165, 1.54) is 11.3 Å². The molecule has 1 saturated heterocycles. The molecule has 7 nitrogen and oxygen atoms in total. The van der Waals surface area contributed by atoms with Crippen molar-refractivity contribution in [2.75, 3.05) is 13.1 Å². The van der Waals surface area contributed by atoms with Crippen LogP contribution in [0.15, 0.2) is 48.0 Å². The van der Waals surface area contributed by atoms with Gasteiger partial charge in [-0.25, -0.2) is 0 Å². The molecular formula is C22H24N4O3S. The van der Waals surface area contributed by atoms with Crippen LogP contribution in [0, 0.1) is 5.92 Å². The van der Waals surface area contributed by atoms with Gasteiger partial charge in [0, 0.05) is 42.5 Å². The Balaban J connectivity index is 1.54. The predicted molar refractivity (Wildman–Crippen MR) is 116 cm³/mol. The van der Waals surface area contributed by atoms with Crippen LogP contribution in [0.5, 0.6) is 0 Å². The summed E-state index contributed by atoms with van der Waals surface area (Å²) in [6.45, 7) is 0.928. The molecule has 3 amide bonds. The fourth-order valence-corrected chi connectivity index (χ4v) is 4.59. The lowest BCUT2D eigenvalue weighted by Gasteiger charge is -2.33. The monoisotopic (exact) mass is 424 g/mol. The molecule has 1 aliphatic heterocycles. The highest BCUT2D eigenvalue weighted by molar-refractivity contribution is 7.12. The molecule has 0 aliphatic carbocycles. The lowest BCUT2D eigenvalue weighted by molar-refractivity contribution is -0.136. The summed E-state index contributed by atoms with van der Waals surface area (Å²) in [4.78, 5) is 43.0. The van der Waals surface area contributed by atoms with Crippen molar-refractivity contribution in [3.05, 3.63) is 58.4 Å². The van der Waals surface area contributed by atoms with Crippen molar-refractivity contribution in [2.45, 2.75) is 25.3 Å². The zero-order valence-electron chi connectivity index (χ0n) is 16.5. The molecule has 4 N–H and O–H groups in total. The van der Waals surface area contributed by atoms with Gasteiger partial charge in [0.1, 0.15) is 6.04 Å². The van der Waals surface area contributed by atoms with E-state index in [1.807, 2.05) is 41.9 Å². The highest BCUT2D eigenvalue weighted by Crippen LogP contribution is 2.22. The molecule has 8 heteroatoms. The first-order chi connectivity index (χ1) is 14.5. The standard InChI is InChI=1S/C22H24N4O3S/c23-20(27)14-7-9-26(10-8-14)22(29)18(25-21(28)19-6-3-11-30-19)12-15-13-24-17-5-2-1-4-16(15)17/h1-6,11,13-14,18,24H,7-10,12H2,(H2,23,27)(H,25,28)/t18-/m0/s1. The number of hydrogen-bond acceptors (Lipinski definition) is 4. The number of aromatic amines is 1. The van der Waals surface area contributed by atoms with E-state index in [0.29, 0.717) is 37.2 Å². The molecule has 1 aromatic carbocycles. The molecule has 1 atom stereocenters. The van der Waals surface area contributed by atoms with Gasteiger partial charge in [0.05, 0.1) is 4.88 Å². The Kier molecular flexibility index (Phi) is 5.85. The smallest absolute Gasteiger partial charge is 0.262 e. The Labute approximate surface area is 178 Å². The van der Waals surface area contributed by atoms with Crippen molar-refractivity contribution in [1.29, 1.82) is 0 Å². The Morgan fingerprint density at radius 1 is 1.17 bits per heavy atom. The van der Waals surface area contributed by atoms with Crippen molar-refractivity contribution in [1.82, 2.24) is 15.2 Å². The molecule has 3 aromatic rings. The maximum Gasteiger partial charge on any atom is 0.262 e. The Morgan fingerprint density at radius 3 is 2.63 bits per heavy atom. The van der Waals surface area contributed by atoms with Gasteiger partial charge in [-0.1, -0.05) is 24.3 Å². The maximum atomic E-state index is 13.3. The van der Waals surface area contributed by atoms with Gasteiger partial charge in [-0.3, -0.25) is 14.4 Å². The van der Waals surface area contributed by atoms with Crippen molar-refractivity contribution >= 4 is 40.0 Å². The lowest BCUT2D eigenvalue weighted by Crippen LogP contribution is -2.52. The van der Waals surface area contributed by atoms with E-state index in [4.69, 9.17) is 5.73 Å². The number of hydrogen-bond donors (Lipinski definition) is 3. The number of benzene rings is 1. The molecule has 2 aromatic heterocycles. The SMILES string of the molecule is NC(=O)C1CCN(C(=O)[C@H](Cc2c[nH]c3ccccc23)NC(=O)c2cccs2)CC1. The van der Waals surface area contributed by atoms with Gasteiger partial charge < -0.3 is 20.9 Å². The van der Waals surface area contributed by atoms with E-state index >= 15 is 0 Å². The van der Waals surface area contributed by atoms with E-state index in [-0.39, 0.29) is 23.6 Å². The number of amides is 3. The number of primary amides is 1. The minimum absolute atomic E-state index is 0.131. The van der Waals surface area contributed by atoms with Crippen LogP contribution in [0.3, 0.4) is 0 Å². The summed E-state index contributed by atoms with van der Waals surface area (Å²) in [6.07, 6.45) is 3.39. The molecule has 3 heterocycles. The normalized spacial score (nSPS) is 15.8. The van der Waals surface area contributed by atoms with Gasteiger partial charge in [0.2, 0.25) is 11.8 Å². The van der Waals surface area contributed by atoms with E-state index in [9.17, 15) is 14.4 Å². The number of likely N-dealkylation sites (tertiary alicyclic amines) is 1. The number of rotatable bonds is 6. The third-order valence-electron chi connectivity index (χ3n) is 5.66. The van der Waals surface area contributed by atoms with E-state index in [0.717, 1.165) is 16.5 Å². The number of thiophene rings is 1. The van der Waals surface area contributed by atoms with Crippen LogP contribution in [0.1, 0.15) is 28.1 Å². The highest BCUT2D eigenvalue weighted by Gasteiger charge is 2.31. The van der Waals surface area contributed by atoms with Crippen LogP contribution in [0.2, 0.25) is 0 Å². The van der Waals surface area contributed by atoms with Gasteiger partial charge in [0.25, 0.3) is 5.91 Å². The molecule has 0 saturated carbocycles. The number of carbonyl (C=O) groups is 3. The fraction of sp³-hybridized carbons (Fsp3) is 0.318. The van der Waals surface area contributed by atoms with Crippen LogP contribution in [0.25, 0.3) is 10.9 Å². The number of piperidine rings is 1. The van der Waals surface area contributed by atoms with Gasteiger partial charge in [-0.05, 0) is 35.9 Å². The summed E-state index contributed by atoms with van der Waals surface area (Å²) < 4.78 is 0. The number of carbonyl (C=O) groups excluding carboxylic acids is 3. The van der Waals surface area contributed by atoms with E-state index in [1.54, 1.807) is 11.0 Å². The first-order valence-corrected chi connectivity index (χ1v) is 10.9. The average Bonchev–Trinajstić information content (AvgIpc) is 3.43. The quantitative estimate of drug-likeness (QED) is 0.565. The molecular weight excluding hydrogens is 400 g/mol. The van der Waals surface area contributed by atoms with Crippen LogP contribution in [-0.4, -0.2) is 46.7 Å². The van der Waals surface area contributed by atoms with Gasteiger partial charge >= 0.3 is 0 Å². The summed E-state index contributed by atoms with van der Waals surface area (Å²) in [5.41, 5.74) is 7.38. The minimum Gasteiger partial charge on any atom is -0.369 e. The first-order valence-electron chi connectivity index (χ1n) is 10.0. The van der Waals surface area contributed by atoms with Gasteiger partial charge in [0.15, 0.2) is 0 Å². The number of para-hydroxylation sites is 1. The summed E-state index contributed by atoms with van der Waals surface area (Å²) in [5, 5.41) is 5.80. The second kappa shape index (κ2) is 8.71. The van der Waals surface area contributed by atoms with Gasteiger partial charge in [-0.2, -0.15) is 0 Å². The summed E-state index contributed by atoms with van der Waals surface area (Å²) in [7, 11) is 0. The van der Waals surface area contributed by atoms with Crippen LogP contribution >= 0.6 is 11.3 Å². The van der Waals surface area contributed by atoms with Crippen molar-refractivity contribution < 1.29 is 14.4 Å². The largest absolute Gasteiger partial charge is 0.369 e. The summed E-state index contributed by atoms with van der Waals surface area (Å²) >= 11 is 1.34. The average molecular weight is 425 g/mol. The highest BCUT2D eigenvalue weighted by atomic mass is 32.1. The number of nitrogens with two attached hydrogens (primary N) is 1.